The quantitative estimate of drug-likeness (QED) is 0.780. The van der Waals surface area contributed by atoms with Gasteiger partial charge in [0.2, 0.25) is 0 Å². The van der Waals surface area contributed by atoms with E-state index in [4.69, 9.17) is 4.74 Å². The average molecular weight is 252 g/mol. The van der Waals surface area contributed by atoms with Crippen LogP contribution in [-0.4, -0.2) is 29.3 Å². The maximum atomic E-state index is 10.0. The van der Waals surface area contributed by atoms with Crippen LogP contribution in [-0.2, 0) is 0 Å². The molecule has 18 heavy (non-hydrogen) atoms. The predicted octanol–water partition coefficient (Wildman–Crippen LogP) is 2.15. The summed E-state index contributed by atoms with van der Waals surface area (Å²) in [6.45, 7) is 9.63. The first kappa shape index (κ1) is 14.9. The number of nitrogens with zero attached hydrogens (tertiary/aromatic N) is 1. The van der Waals surface area contributed by atoms with E-state index >= 15 is 0 Å². The van der Waals surface area contributed by atoms with Gasteiger partial charge in [-0.15, -0.1) is 0 Å². The number of ether oxygens (including phenoxy) is 1. The van der Waals surface area contributed by atoms with Crippen LogP contribution in [0.25, 0.3) is 0 Å². The van der Waals surface area contributed by atoms with Crippen molar-refractivity contribution in [3.05, 3.63) is 24.0 Å². The highest BCUT2D eigenvalue weighted by atomic mass is 16.5. The summed E-state index contributed by atoms with van der Waals surface area (Å²) in [5.41, 5.74) is 0.782. The number of aromatic nitrogens is 1. The minimum Gasteiger partial charge on any atom is -0.489 e. The second kappa shape index (κ2) is 7.34. The standard InChI is InChI=1S/C14H24N2O2/c1-10(2)6-15-9-14(17)12-5-13(8-16-7-12)18-11(3)4/h5,7-8,10-11,14-15,17H,6,9H2,1-4H3. The van der Waals surface area contributed by atoms with Gasteiger partial charge in [0.05, 0.1) is 18.4 Å². The lowest BCUT2D eigenvalue weighted by Crippen LogP contribution is -2.25. The molecular weight excluding hydrogens is 228 g/mol. The van der Waals surface area contributed by atoms with Crippen molar-refractivity contribution in [2.45, 2.75) is 39.9 Å². The fraction of sp³-hybridized carbons (Fsp3) is 0.643. The van der Waals surface area contributed by atoms with E-state index in [-0.39, 0.29) is 6.10 Å². The minimum atomic E-state index is -0.549. The molecule has 0 amide bonds. The zero-order valence-electron chi connectivity index (χ0n) is 11.7. The molecule has 0 aliphatic rings. The number of hydrogen-bond acceptors (Lipinski definition) is 4. The van der Waals surface area contributed by atoms with Crippen molar-refractivity contribution in [3.8, 4) is 5.75 Å². The minimum absolute atomic E-state index is 0.109. The second-order valence-corrected chi connectivity index (χ2v) is 5.19. The van der Waals surface area contributed by atoms with E-state index in [1.807, 2.05) is 19.9 Å². The van der Waals surface area contributed by atoms with Gasteiger partial charge in [-0.25, -0.2) is 0 Å². The Morgan fingerprint density at radius 3 is 2.56 bits per heavy atom. The molecule has 0 fully saturated rings. The Kier molecular flexibility index (Phi) is 6.09. The third kappa shape index (κ3) is 5.47. The molecule has 1 aromatic rings. The lowest BCUT2D eigenvalue weighted by Gasteiger charge is -2.15. The maximum absolute atomic E-state index is 10.0. The molecule has 0 bridgehead atoms. The lowest BCUT2D eigenvalue weighted by molar-refractivity contribution is 0.171. The summed E-state index contributed by atoms with van der Waals surface area (Å²) in [7, 11) is 0. The molecule has 102 valence electrons. The highest BCUT2D eigenvalue weighted by Crippen LogP contribution is 2.18. The number of aliphatic hydroxyl groups excluding tert-OH is 1. The van der Waals surface area contributed by atoms with Gasteiger partial charge in [-0.1, -0.05) is 13.8 Å². The summed E-state index contributed by atoms with van der Waals surface area (Å²) in [6.07, 6.45) is 2.90. The van der Waals surface area contributed by atoms with Gasteiger partial charge < -0.3 is 15.2 Å². The average Bonchev–Trinajstić information content (AvgIpc) is 2.27. The van der Waals surface area contributed by atoms with Crippen LogP contribution in [0.4, 0.5) is 0 Å². The first-order valence-electron chi connectivity index (χ1n) is 6.49. The first-order valence-corrected chi connectivity index (χ1v) is 6.49. The monoisotopic (exact) mass is 252 g/mol. The van der Waals surface area contributed by atoms with Gasteiger partial charge in [-0.2, -0.15) is 0 Å². The third-order valence-corrected chi connectivity index (χ3v) is 2.38. The predicted molar refractivity (Wildman–Crippen MR) is 72.7 cm³/mol. The molecule has 1 aromatic heterocycles. The van der Waals surface area contributed by atoms with E-state index in [9.17, 15) is 5.11 Å². The van der Waals surface area contributed by atoms with E-state index in [2.05, 4.69) is 24.1 Å². The van der Waals surface area contributed by atoms with Crippen molar-refractivity contribution in [3.63, 3.8) is 0 Å². The number of rotatable bonds is 7. The molecule has 0 aliphatic heterocycles. The van der Waals surface area contributed by atoms with E-state index in [0.717, 1.165) is 12.1 Å². The van der Waals surface area contributed by atoms with Gasteiger partial charge in [0.25, 0.3) is 0 Å². The van der Waals surface area contributed by atoms with Gasteiger partial charge in [-0.3, -0.25) is 4.98 Å². The van der Waals surface area contributed by atoms with Crippen LogP contribution in [0.15, 0.2) is 18.5 Å². The third-order valence-electron chi connectivity index (χ3n) is 2.38. The van der Waals surface area contributed by atoms with E-state index in [1.54, 1.807) is 12.4 Å². The molecule has 0 aromatic carbocycles. The van der Waals surface area contributed by atoms with Crippen LogP contribution < -0.4 is 10.1 Å². The molecule has 1 atom stereocenters. The van der Waals surface area contributed by atoms with Gasteiger partial charge in [-0.05, 0) is 32.4 Å². The molecule has 1 heterocycles. The topological polar surface area (TPSA) is 54.4 Å². The van der Waals surface area contributed by atoms with Crippen LogP contribution in [0.3, 0.4) is 0 Å². The maximum Gasteiger partial charge on any atom is 0.138 e. The number of aliphatic hydroxyl groups is 1. The Morgan fingerprint density at radius 1 is 1.22 bits per heavy atom. The Balaban J connectivity index is 2.54. The van der Waals surface area contributed by atoms with Crippen LogP contribution in [0.2, 0.25) is 0 Å². The summed E-state index contributed by atoms with van der Waals surface area (Å²) in [5.74, 6) is 1.27. The van der Waals surface area contributed by atoms with Crippen molar-refractivity contribution in [2.24, 2.45) is 5.92 Å². The van der Waals surface area contributed by atoms with Gasteiger partial charge in [0.1, 0.15) is 5.75 Å². The molecule has 0 spiro atoms. The molecule has 1 unspecified atom stereocenters. The Morgan fingerprint density at radius 2 is 1.94 bits per heavy atom. The highest BCUT2D eigenvalue weighted by molar-refractivity contribution is 5.25. The van der Waals surface area contributed by atoms with Gasteiger partial charge >= 0.3 is 0 Å². The Bertz CT molecular complexity index is 353. The molecule has 0 saturated carbocycles. The van der Waals surface area contributed by atoms with Crippen molar-refractivity contribution in [1.29, 1.82) is 0 Å². The van der Waals surface area contributed by atoms with Crippen molar-refractivity contribution < 1.29 is 9.84 Å². The van der Waals surface area contributed by atoms with Gasteiger partial charge in [0.15, 0.2) is 0 Å². The number of pyridine rings is 1. The smallest absolute Gasteiger partial charge is 0.138 e. The summed E-state index contributed by atoms with van der Waals surface area (Å²) in [6, 6.07) is 1.84. The van der Waals surface area contributed by atoms with Crippen molar-refractivity contribution in [1.82, 2.24) is 10.3 Å². The largest absolute Gasteiger partial charge is 0.489 e. The van der Waals surface area contributed by atoms with Crippen LogP contribution >= 0.6 is 0 Å². The normalized spacial score (nSPS) is 13.1. The van der Waals surface area contributed by atoms with Crippen molar-refractivity contribution in [2.75, 3.05) is 13.1 Å². The second-order valence-electron chi connectivity index (χ2n) is 5.19. The van der Waals surface area contributed by atoms with Crippen molar-refractivity contribution >= 4 is 0 Å². The van der Waals surface area contributed by atoms with Crippen LogP contribution in [0, 0.1) is 5.92 Å². The van der Waals surface area contributed by atoms with E-state index in [1.165, 1.54) is 0 Å². The molecular formula is C14H24N2O2. The molecule has 2 N–H and O–H groups in total. The Labute approximate surface area is 109 Å². The zero-order valence-corrected chi connectivity index (χ0v) is 11.7. The summed E-state index contributed by atoms with van der Waals surface area (Å²) in [4.78, 5) is 4.09. The number of nitrogens with one attached hydrogen (secondary N) is 1. The summed E-state index contributed by atoms with van der Waals surface area (Å²) in [5, 5.41) is 13.3. The summed E-state index contributed by atoms with van der Waals surface area (Å²) >= 11 is 0. The lowest BCUT2D eigenvalue weighted by atomic mass is 10.1. The van der Waals surface area contributed by atoms with E-state index < -0.39 is 6.10 Å². The molecule has 0 aliphatic carbocycles. The highest BCUT2D eigenvalue weighted by Gasteiger charge is 2.09. The molecule has 1 rings (SSSR count). The van der Waals surface area contributed by atoms with Crippen LogP contribution in [0.5, 0.6) is 5.75 Å². The van der Waals surface area contributed by atoms with Crippen LogP contribution in [0.1, 0.15) is 39.4 Å². The fourth-order valence-corrected chi connectivity index (χ4v) is 1.58. The zero-order chi connectivity index (χ0) is 13.5. The van der Waals surface area contributed by atoms with E-state index in [0.29, 0.717) is 18.2 Å². The SMILES string of the molecule is CC(C)CNCC(O)c1cncc(OC(C)C)c1. The summed E-state index contributed by atoms with van der Waals surface area (Å²) < 4.78 is 5.55. The molecule has 0 saturated heterocycles. The Hall–Kier alpha value is -1.13. The molecule has 0 radical (unpaired) electrons. The fourth-order valence-electron chi connectivity index (χ4n) is 1.58. The molecule has 4 nitrogen and oxygen atoms in total. The van der Waals surface area contributed by atoms with Gasteiger partial charge in [0, 0.05) is 18.3 Å². The first-order chi connectivity index (χ1) is 8.49. The molecule has 4 heteroatoms. The number of hydrogen-bond donors (Lipinski definition) is 2.